The van der Waals surface area contributed by atoms with Gasteiger partial charge in [-0.05, 0) is 18.2 Å². The largest absolute Gasteiger partial charge is 0.496 e. The Morgan fingerprint density at radius 1 is 0.963 bits per heavy atom. The third-order valence-corrected chi connectivity index (χ3v) is 5.36. The van der Waals surface area contributed by atoms with Crippen molar-refractivity contribution in [1.29, 1.82) is 0 Å². The molecule has 27 heavy (non-hydrogen) atoms. The quantitative estimate of drug-likeness (QED) is 0.866. The summed E-state index contributed by atoms with van der Waals surface area (Å²) in [6.07, 6.45) is 0.264. The van der Waals surface area contributed by atoms with Crippen molar-refractivity contribution in [3.63, 3.8) is 0 Å². The van der Waals surface area contributed by atoms with E-state index in [0.717, 1.165) is 37.5 Å². The molecule has 1 amide bonds. The van der Waals surface area contributed by atoms with Gasteiger partial charge >= 0.3 is 0 Å². The van der Waals surface area contributed by atoms with Crippen LogP contribution in [0.1, 0.15) is 18.0 Å². The normalized spacial score (nSPS) is 23.7. The summed E-state index contributed by atoms with van der Waals surface area (Å²) in [5, 5.41) is 6.69. The number of amides is 1. The Balaban J connectivity index is 1.43. The third kappa shape index (κ3) is 3.91. The third-order valence-electron chi connectivity index (χ3n) is 5.36. The van der Waals surface area contributed by atoms with Gasteiger partial charge in [0.2, 0.25) is 5.91 Å². The predicted octanol–water partition coefficient (Wildman–Crippen LogP) is 1.95. The number of anilines is 1. The molecule has 142 valence electrons. The van der Waals surface area contributed by atoms with Gasteiger partial charge in [0.05, 0.1) is 7.11 Å². The number of carbonyl (C=O) groups is 1. The highest BCUT2D eigenvalue weighted by atomic mass is 16.5. The first-order chi connectivity index (χ1) is 13.2. The number of carbonyl (C=O) groups excluding carboxylic acids is 1. The maximum absolute atomic E-state index is 12.4. The van der Waals surface area contributed by atoms with Crippen LogP contribution in [0.2, 0.25) is 0 Å². The first-order valence-corrected chi connectivity index (χ1v) is 9.47. The van der Waals surface area contributed by atoms with Crippen LogP contribution in [-0.4, -0.2) is 50.4 Å². The topological polar surface area (TPSA) is 56.8 Å². The Bertz CT molecular complexity index is 775. The Hall–Kier alpha value is -2.57. The summed E-state index contributed by atoms with van der Waals surface area (Å²) in [6, 6.07) is 18.3. The number of nitrogens with zero attached hydrogens (tertiary/aromatic N) is 2. The highest BCUT2D eigenvalue weighted by Gasteiger charge is 2.33. The van der Waals surface area contributed by atoms with Crippen molar-refractivity contribution in [2.24, 2.45) is 0 Å². The molecule has 0 bridgehead atoms. The summed E-state index contributed by atoms with van der Waals surface area (Å²) in [5.41, 5.74) is 2.28. The van der Waals surface area contributed by atoms with Crippen molar-refractivity contribution in [2.75, 3.05) is 38.2 Å². The van der Waals surface area contributed by atoms with Crippen molar-refractivity contribution in [3.05, 3.63) is 60.2 Å². The molecule has 2 unspecified atom stereocenters. The van der Waals surface area contributed by atoms with Crippen LogP contribution in [0.3, 0.4) is 0 Å². The van der Waals surface area contributed by atoms with E-state index in [4.69, 9.17) is 4.74 Å². The van der Waals surface area contributed by atoms with Crippen molar-refractivity contribution in [2.45, 2.75) is 18.8 Å². The van der Waals surface area contributed by atoms with E-state index in [1.54, 1.807) is 7.11 Å². The second-order valence-corrected chi connectivity index (χ2v) is 6.99. The Morgan fingerprint density at radius 2 is 1.67 bits per heavy atom. The molecule has 2 aliphatic heterocycles. The lowest BCUT2D eigenvalue weighted by molar-refractivity contribution is -0.127. The molecule has 2 heterocycles. The minimum atomic E-state index is -0.154. The highest BCUT2D eigenvalue weighted by Crippen LogP contribution is 2.29. The number of methoxy groups -OCH3 is 1. The molecule has 2 aromatic rings. The zero-order chi connectivity index (χ0) is 18.6. The van der Waals surface area contributed by atoms with Gasteiger partial charge in [-0.3, -0.25) is 15.0 Å². The smallest absolute Gasteiger partial charge is 0.224 e. The minimum absolute atomic E-state index is 0.0490. The molecule has 0 saturated carbocycles. The monoisotopic (exact) mass is 366 g/mol. The van der Waals surface area contributed by atoms with Gasteiger partial charge in [-0.25, -0.2) is 0 Å². The minimum Gasteiger partial charge on any atom is -0.496 e. The zero-order valence-electron chi connectivity index (χ0n) is 15.6. The fourth-order valence-electron chi connectivity index (χ4n) is 3.92. The predicted molar refractivity (Wildman–Crippen MR) is 106 cm³/mol. The van der Waals surface area contributed by atoms with Gasteiger partial charge in [0.25, 0.3) is 0 Å². The van der Waals surface area contributed by atoms with E-state index >= 15 is 0 Å². The molecule has 4 rings (SSSR count). The molecule has 0 spiro atoms. The van der Waals surface area contributed by atoms with Gasteiger partial charge in [-0.15, -0.1) is 0 Å². The lowest BCUT2D eigenvalue weighted by atomic mass is 10.0. The molecule has 2 aromatic carbocycles. The first kappa shape index (κ1) is 17.8. The van der Waals surface area contributed by atoms with Gasteiger partial charge in [0.15, 0.2) is 0 Å². The van der Waals surface area contributed by atoms with Crippen molar-refractivity contribution in [1.82, 2.24) is 15.5 Å². The molecule has 2 aliphatic rings. The number of piperazine rings is 1. The first-order valence-electron chi connectivity index (χ1n) is 9.47. The Labute approximate surface area is 160 Å². The molecule has 2 fully saturated rings. The number of para-hydroxylation sites is 2. The van der Waals surface area contributed by atoms with Crippen LogP contribution >= 0.6 is 0 Å². The number of ether oxygens (including phenoxy) is 1. The van der Waals surface area contributed by atoms with Crippen molar-refractivity contribution in [3.8, 4) is 5.75 Å². The SMILES string of the molecule is COc1ccccc1C1CC(=O)NC(N2CCN(c3ccccc3)CC2)N1. The van der Waals surface area contributed by atoms with Crippen LogP contribution in [-0.2, 0) is 4.79 Å². The molecule has 6 nitrogen and oxygen atoms in total. The summed E-state index contributed by atoms with van der Waals surface area (Å²) < 4.78 is 5.49. The van der Waals surface area contributed by atoms with Gasteiger partial charge in [-0.2, -0.15) is 0 Å². The lowest BCUT2D eigenvalue weighted by Gasteiger charge is -2.43. The Kier molecular flexibility index (Phi) is 5.27. The number of rotatable bonds is 4. The summed E-state index contributed by atoms with van der Waals surface area (Å²) in [4.78, 5) is 17.0. The van der Waals surface area contributed by atoms with Crippen LogP contribution in [0.15, 0.2) is 54.6 Å². The summed E-state index contributed by atoms with van der Waals surface area (Å²) in [5.74, 6) is 0.887. The summed E-state index contributed by atoms with van der Waals surface area (Å²) in [6.45, 7) is 3.67. The molecule has 0 radical (unpaired) electrons. The van der Waals surface area contributed by atoms with Gasteiger partial charge in [0, 0.05) is 49.9 Å². The van der Waals surface area contributed by atoms with Gasteiger partial charge in [-0.1, -0.05) is 36.4 Å². The van der Waals surface area contributed by atoms with Crippen molar-refractivity contribution < 1.29 is 9.53 Å². The highest BCUT2D eigenvalue weighted by molar-refractivity contribution is 5.78. The summed E-state index contributed by atoms with van der Waals surface area (Å²) >= 11 is 0. The number of benzene rings is 2. The average molecular weight is 366 g/mol. The van der Waals surface area contributed by atoms with E-state index in [0.29, 0.717) is 6.42 Å². The molecule has 0 aliphatic carbocycles. The van der Waals surface area contributed by atoms with E-state index in [1.165, 1.54) is 5.69 Å². The van der Waals surface area contributed by atoms with Crippen LogP contribution in [0, 0.1) is 0 Å². The van der Waals surface area contributed by atoms with Crippen LogP contribution in [0.25, 0.3) is 0 Å². The molecule has 2 atom stereocenters. The van der Waals surface area contributed by atoms with E-state index in [2.05, 4.69) is 44.7 Å². The average Bonchev–Trinajstić information content (AvgIpc) is 2.74. The van der Waals surface area contributed by atoms with Crippen molar-refractivity contribution >= 4 is 11.6 Å². The molecule has 0 aromatic heterocycles. The molecular formula is C21H26N4O2. The van der Waals surface area contributed by atoms with Crippen LogP contribution in [0.4, 0.5) is 5.69 Å². The van der Waals surface area contributed by atoms with E-state index in [1.807, 2.05) is 30.3 Å². The Morgan fingerprint density at radius 3 is 2.41 bits per heavy atom. The fourth-order valence-corrected chi connectivity index (χ4v) is 3.92. The number of nitrogens with one attached hydrogen (secondary N) is 2. The van der Waals surface area contributed by atoms with E-state index in [-0.39, 0.29) is 18.2 Å². The molecule has 2 saturated heterocycles. The van der Waals surface area contributed by atoms with E-state index < -0.39 is 0 Å². The molecular weight excluding hydrogens is 340 g/mol. The standard InChI is InChI=1S/C21H26N4O2/c1-27-19-10-6-5-9-17(19)18-15-20(26)23-21(22-18)25-13-11-24(12-14-25)16-7-3-2-4-8-16/h2-10,18,21-22H,11-15H2,1H3,(H,23,26). The van der Waals surface area contributed by atoms with Crippen LogP contribution in [0.5, 0.6) is 5.75 Å². The van der Waals surface area contributed by atoms with Gasteiger partial charge in [0.1, 0.15) is 12.0 Å². The maximum Gasteiger partial charge on any atom is 0.224 e. The second-order valence-electron chi connectivity index (χ2n) is 6.99. The number of hydrogen-bond donors (Lipinski definition) is 2. The van der Waals surface area contributed by atoms with Crippen LogP contribution < -0.4 is 20.3 Å². The fraction of sp³-hybridized carbons (Fsp3) is 0.381. The lowest BCUT2D eigenvalue weighted by Crippen LogP contribution is -2.64. The van der Waals surface area contributed by atoms with E-state index in [9.17, 15) is 4.79 Å². The molecule has 2 N–H and O–H groups in total. The zero-order valence-corrected chi connectivity index (χ0v) is 15.6. The second kappa shape index (κ2) is 7.98. The maximum atomic E-state index is 12.4. The molecule has 6 heteroatoms. The number of hydrogen-bond acceptors (Lipinski definition) is 5. The van der Waals surface area contributed by atoms with Gasteiger partial charge < -0.3 is 15.0 Å². The summed E-state index contributed by atoms with van der Waals surface area (Å²) in [7, 11) is 1.67.